The van der Waals surface area contributed by atoms with E-state index in [2.05, 4.69) is 20.9 Å². The fraction of sp³-hybridized carbons (Fsp3) is 0. The topological polar surface area (TPSA) is 38.9 Å². The number of fused-ring (bicyclic) bond motifs is 1. The van der Waals surface area contributed by atoms with E-state index in [0.717, 1.165) is 14.7 Å². The van der Waals surface area contributed by atoms with Gasteiger partial charge < -0.3 is 5.73 Å². The van der Waals surface area contributed by atoms with Crippen LogP contribution in [-0.4, -0.2) is 4.98 Å². The van der Waals surface area contributed by atoms with Crippen molar-refractivity contribution in [2.45, 2.75) is 0 Å². The van der Waals surface area contributed by atoms with E-state index >= 15 is 0 Å². The number of nitrogens with zero attached hydrogens (tertiary/aromatic N) is 1. The van der Waals surface area contributed by atoms with Crippen molar-refractivity contribution in [1.82, 2.24) is 4.98 Å². The maximum absolute atomic E-state index is 5.53. The van der Waals surface area contributed by atoms with Gasteiger partial charge in [0.2, 0.25) is 0 Å². The van der Waals surface area contributed by atoms with Crippen LogP contribution in [0.5, 0.6) is 0 Å². The van der Waals surface area contributed by atoms with Crippen molar-refractivity contribution in [2.24, 2.45) is 0 Å². The predicted molar refractivity (Wildman–Crippen MR) is 59.0 cm³/mol. The van der Waals surface area contributed by atoms with Crippen molar-refractivity contribution < 1.29 is 0 Å². The van der Waals surface area contributed by atoms with Gasteiger partial charge in [-0.2, -0.15) is 0 Å². The van der Waals surface area contributed by atoms with Gasteiger partial charge in [0.25, 0.3) is 0 Å². The monoisotopic (exact) mass is 264 g/mol. The Bertz CT molecular complexity index is 401. The molecule has 1 heterocycles. The molecule has 0 amide bonds. The lowest BCUT2D eigenvalue weighted by atomic mass is 10.3. The summed E-state index contributed by atoms with van der Waals surface area (Å²) in [6.07, 6.45) is 0. The van der Waals surface area contributed by atoms with E-state index in [1.807, 2.05) is 18.2 Å². The fourth-order valence-corrected chi connectivity index (χ4v) is 2.20. The molecule has 0 atom stereocenters. The first kappa shape index (κ1) is 9.77. The lowest BCUT2D eigenvalue weighted by Gasteiger charge is -1.86. The Morgan fingerprint density at radius 3 is 2.92 bits per heavy atom. The standard InChI is InChI=1S/C7H5BrN2S.ClH/c8-4-1-2-5-6(3-4)11-7(9)10-5;/h1-3H,(H2,9,10);1H. The Balaban J connectivity index is 0.000000720. The number of thiazole rings is 1. The molecule has 64 valence electrons. The number of hydrogen-bond acceptors (Lipinski definition) is 3. The molecule has 5 heteroatoms. The Hall–Kier alpha value is -0.320. The zero-order valence-electron chi connectivity index (χ0n) is 5.95. The van der Waals surface area contributed by atoms with Crippen LogP contribution >= 0.6 is 39.7 Å². The average Bonchev–Trinajstić information content (AvgIpc) is 2.27. The molecule has 1 aromatic carbocycles. The highest BCUT2D eigenvalue weighted by atomic mass is 79.9. The molecule has 0 saturated carbocycles. The van der Waals surface area contributed by atoms with Crippen LogP contribution in [0.15, 0.2) is 22.7 Å². The summed E-state index contributed by atoms with van der Waals surface area (Å²) in [5.74, 6) is 0. The molecule has 1 aromatic heterocycles. The Labute approximate surface area is 88.3 Å². The van der Waals surface area contributed by atoms with Crippen LogP contribution in [-0.2, 0) is 0 Å². The maximum Gasteiger partial charge on any atom is 0.181 e. The van der Waals surface area contributed by atoms with Gasteiger partial charge >= 0.3 is 0 Å². The highest BCUT2D eigenvalue weighted by molar-refractivity contribution is 9.10. The molecule has 0 radical (unpaired) electrons. The van der Waals surface area contributed by atoms with Crippen molar-refractivity contribution >= 4 is 55.0 Å². The van der Waals surface area contributed by atoms with Crippen molar-refractivity contribution in [1.29, 1.82) is 0 Å². The lowest BCUT2D eigenvalue weighted by molar-refractivity contribution is 1.49. The second-order valence-electron chi connectivity index (χ2n) is 2.16. The van der Waals surface area contributed by atoms with Gasteiger partial charge in [0.1, 0.15) is 0 Å². The molecule has 2 aromatic rings. The zero-order chi connectivity index (χ0) is 7.84. The van der Waals surface area contributed by atoms with Gasteiger partial charge in [0.15, 0.2) is 5.13 Å². The highest BCUT2D eigenvalue weighted by Crippen LogP contribution is 2.26. The third-order valence-electron chi connectivity index (χ3n) is 1.37. The molecule has 0 spiro atoms. The molecule has 0 aliphatic carbocycles. The van der Waals surface area contributed by atoms with Gasteiger partial charge in [-0.05, 0) is 18.2 Å². The summed E-state index contributed by atoms with van der Waals surface area (Å²) in [4.78, 5) is 4.13. The minimum Gasteiger partial charge on any atom is -0.375 e. The molecule has 0 bridgehead atoms. The number of halogens is 2. The predicted octanol–water partition coefficient (Wildman–Crippen LogP) is 3.06. The maximum atomic E-state index is 5.53. The normalized spacial score (nSPS) is 9.75. The molecule has 2 rings (SSSR count). The van der Waals surface area contributed by atoms with E-state index in [4.69, 9.17) is 5.73 Å². The minimum atomic E-state index is 0. The van der Waals surface area contributed by atoms with Gasteiger partial charge in [-0.1, -0.05) is 27.3 Å². The highest BCUT2D eigenvalue weighted by Gasteiger charge is 1.99. The third kappa shape index (κ3) is 1.71. The number of anilines is 1. The molecule has 2 N–H and O–H groups in total. The van der Waals surface area contributed by atoms with Crippen LogP contribution in [0.4, 0.5) is 5.13 Å². The van der Waals surface area contributed by atoms with Gasteiger partial charge in [-0.25, -0.2) is 4.98 Å². The Kier molecular flexibility index (Phi) is 2.93. The molecule has 2 nitrogen and oxygen atoms in total. The molecule has 0 saturated heterocycles. The van der Waals surface area contributed by atoms with Crippen LogP contribution in [0.2, 0.25) is 0 Å². The molecule has 0 aliphatic rings. The van der Waals surface area contributed by atoms with E-state index < -0.39 is 0 Å². The minimum absolute atomic E-state index is 0. The Morgan fingerprint density at radius 1 is 1.42 bits per heavy atom. The molecule has 12 heavy (non-hydrogen) atoms. The summed E-state index contributed by atoms with van der Waals surface area (Å²) in [6, 6.07) is 5.93. The van der Waals surface area contributed by atoms with Gasteiger partial charge in [-0.3, -0.25) is 0 Å². The SMILES string of the molecule is Cl.Nc1nc2ccc(Br)cc2s1. The van der Waals surface area contributed by atoms with Crippen molar-refractivity contribution in [2.75, 3.05) is 5.73 Å². The van der Waals surface area contributed by atoms with Crippen LogP contribution in [0.3, 0.4) is 0 Å². The molecule has 0 unspecified atom stereocenters. The quantitative estimate of drug-likeness (QED) is 0.795. The van der Waals surface area contributed by atoms with Crippen molar-refractivity contribution in [3.63, 3.8) is 0 Å². The number of hydrogen-bond donors (Lipinski definition) is 1. The van der Waals surface area contributed by atoms with Crippen LogP contribution in [0.1, 0.15) is 0 Å². The second kappa shape index (κ2) is 3.60. The summed E-state index contributed by atoms with van der Waals surface area (Å²) in [6.45, 7) is 0. The van der Waals surface area contributed by atoms with E-state index in [9.17, 15) is 0 Å². The molecular weight excluding hydrogens is 260 g/mol. The molecular formula is C7H6BrClN2S. The largest absolute Gasteiger partial charge is 0.375 e. The number of rotatable bonds is 0. The molecule has 0 aliphatic heterocycles. The number of aromatic nitrogens is 1. The number of benzene rings is 1. The summed E-state index contributed by atoms with van der Waals surface area (Å²) >= 11 is 4.88. The summed E-state index contributed by atoms with van der Waals surface area (Å²) < 4.78 is 2.19. The molecule has 0 fully saturated rings. The zero-order valence-corrected chi connectivity index (χ0v) is 9.17. The summed E-state index contributed by atoms with van der Waals surface area (Å²) in [5, 5.41) is 0.623. The average molecular weight is 266 g/mol. The van der Waals surface area contributed by atoms with E-state index in [0.29, 0.717) is 5.13 Å². The van der Waals surface area contributed by atoms with E-state index in [1.165, 1.54) is 11.3 Å². The summed E-state index contributed by atoms with van der Waals surface area (Å²) in [7, 11) is 0. The Morgan fingerprint density at radius 2 is 2.17 bits per heavy atom. The summed E-state index contributed by atoms with van der Waals surface area (Å²) in [5.41, 5.74) is 6.50. The van der Waals surface area contributed by atoms with Gasteiger partial charge in [-0.15, -0.1) is 12.4 Å². The van der Waals surface area contributed by atoms with Gasteiger partial charge in [0.05, 0.1) is 10.2 Å². The van der Waals surface area contributed by atoms with Crippen LogP contribution in [0.25, 0.3) is 10.2 Å². The van der Waals surface area contributed by atoms with E-state index in [-0.39, 0.29) is 12.4 Å². The van der Waals surface area contributed by atoms with Crippen molar-refractivity contribution in [3.8, 4) is 0 Å². The van der Waals surface area contributed by atoms with Crippen molar-refractivity contribution in [3.05, 3.63) is 22.7 Å². The van der Waals surface area contributed by atoms with Crippen LogP contribution in [0, 0.1) is 0 Å². The number of nitrogens with two attached hydrogens (primary N) is 1. The second-order valence-corrected chi connectivity index (χ2v) is 4.14. The first-order valence-electron chi connectivity index (χ1n) is 3.07. The first-order chi connectivity index (χ1) is 5.25. The van der Waals surface area contributed by atoms with Gasteiger partial charge in [0, 0.05) is 4.47 Å². The smallest absolute Gasteiger partial charge is 0.181 e. The number of nitrogen functional groups attached to an aromatic ring is 1. The van der Waals surface area contributed by atoms with Crippen LogP contribution < -0.4 is 5.73 Å². The fourth-order valence-electron chi connectivity index (χ4n) is 0.916. The van der Waals surface area contributed by atoms with E-state index in [1.54, 1.807) is 0 Å². The lowest BCUT2D eigenvalue weighted by Crippen LogP contribution is -1.78. The first-order valence-corrected chi connectivity index (χ1v) is 4.68. The third-order valence-corrected chi connectivity index (χ3v) is 2.71.